The SMILES string of the molecule is CCCCCCc1cc2c3c(c1)N(c1c(-c4ccccc4)cccc1-c1ccccc1)c1cc4c(cc1B3c1ccccc1N2c1c(-c2ccccc2)cccc1-c1ccccc1)B1c2ccccc2N(c2c(-c3ccccc3)cccc2-c2ccccc2)c2cc(N(c3ccccc3)c3ccccc3)cc(c21)S4. The van der Waals surface area contributed by atoms with Crippen LogP contribution in [-0.4, -0.2) is 13.4 Å². The number of nitrogens with zero attached hydrogens (tertiary/aromatic N) is 4. The van der Waals surface area contributed by atoms with Gasteiger partial charge in [-0.15, -0.1) is 0 Å². The van der Waals surface area contributed by atoms with E-state index in [2.05, 4.69) is 409 Å². The van der Waals surface area contributed by atoms with Crippen molar-refractivity contribution in [1.82, 2.24) is 0 Å². The Labute approximate surface area is 644 Å². The third-order valence-electron chi connectivity index (χ3n) is 22.7. The van der Waals surface area contributed by atoms with Crippen LogP contribution in [0.1, 0.15) is 38.2 Å². The quantitative estimate of drug-likeness (QED) is 0.0664. The smallest absolute Gasteiger partial charge is 0.252 e. The van der Waals surface area contributed by atoms with Gasteiger partial charge in [0.25, 0.3) is 6.71 Å². The molecule has 0 fully saturated rings. The highest BCUT2D eigenvalue weighted by Crippen LogP contribution is 2.56. The predicted molar refractivity (Wildman–Crippen MR) is 466 cm³/mol. The molecule has 516 valence electrons. The molecule has 20 rings (SSSR count). The van der Waals surface area contributed by atoms with Crippen molar-refractivity contribution < 1.29 is 0 Å². The Balaban J connectivity index is 0.909. The Morgan fingerprint density at radius 3 is 1.00 bits per heavy atom. The van der Waals surface area contributed by atoms with E-state index in [1.165, 1.54) is 123 Å². The molecule has 7 heteroatoms. The van der Waals surface area contributed by atoms with Gasteiger partial charge in [-0.05, 0) is 146 Å². The fourth-order valence-electron chi connectivity index (χ4n) is 18.0. The van der Waals surface area contributed by atoms with E-state index in [9.17, 15) is 0 Å². The maximum Gasteiger partial charge on any atom is 0.252 e. The Hall–Kier alpha value is -12.8. The number of anilines is 12. The molecule has 0 unspecified atom stereocenters. The van der Waals surface area contributed by atoms with Crippen molar-refractivity contribution in [2.45, 2.75) is 48.8 Å². The molecule has 0 amide bonds. The molecule has 4 aliphatic rings. The highest BCUT2D eigenvalue weighted by molar-refractivity contribution is 8.00. The van der Waals surface area contributed by atoms with Gasteiger partial charge in [-0.3, -0.25) is 0 Å². The molecule has 0 saturated heterocycles. The number of rotatable bonds is 17. The first-order valence-corrected chi connectivity index (χ1v) is 39.3. The van der Waals surface area contributed by atoms with E-state index in [-0.39, 0.29) is 13.4 Å². The predicted octanol–water partition coefficient (Wildman–Crippen LogP) is 24.1. The summed E-state index contributed by atoms with van der Waals surface area (Å²) in [6, 6.07) is 144. The van der Waals surface area contributed by atoms with Crippen molar-refractivity contribution >= 4 is 126 Å². The molecule has 0 aliphatic carbocycles. The van der Waals surface area contributed by atoms with E-state index in [4.69, 9.17) is 0 Å². The van der Waals surface area contributed by atoms with Crippen LogP contribution in [0, 0.1) is 0 Å². The van der Waals surface area contributed by atoms with Crippen molar-refractivity contribution in [3.63, 3.8) is 0 Å². The van der Waals surface area contributed by atoms with Crippen LogP contribution in [0.2, 0.25) is 0 Å². The minimum absolute atomic E-state index is 0.183. The molecule has 0 spiro atoms. The van der Waals surface area contributed by atoms with Crippen LogP contribution in [0.5, 0.6) is 0 Å². The highest BCUT2D eigenvalue weighted by Gasteiger charge is 2.49. The van der Waals surface area contributed by atoms with Crippen LogP contribution in [0.25, 0.3) is 66.8 Å². The summed E-state index contributed by atoms with van der Waals surface area (Å²) in [5.74, 6) is 0. The summed E-state index contributed by atoms with van der Waals surface area (Å²) in [6.07, 6.45) is 5.54. The van der Waals surface area contributed by atoms with E-state index in [0.29, 0.717) is 0 Å². The molecule has 0 aromatic heterocycles. The zero-order valence-electron chi connectivity index (χ0n) is 60.8. The lowest BCUT2D eigenvalue weighted by molar-refractivity contribution is 0.667. The highest BCUT2D eigenvalue weighted by atomic mass is 32.2. The maximum absolute atomic E-state index is 2.76. The molecule has 16 aromatic rings. The standard InChI is InChI=1S/C102H76B2N4S/c1-2-3-4-13-37-70-64-93-98-94(65-70)108(102-84(75-46-22-9-23-47-75)58-36-59-85(102)76-48-24-10-25-49-76)92-69-96-89(68-88(92)103(98)86-60-30-32-62-90(86)106(93)100-80(71-38-14-5-15-39-71)54-34-55-81(100)72-40-16-6-17-41-72)104-87-61-31-33-63-91(87)107(101-82(73-42-18-7-19-43-73)56-35-57-83(101)74-44-20-8-21-45-74)95-66-79(67-97(109-96)99(95)104)105(77-50-26-11-27-51-77)78-52-28-12-29-53-78/h5-12,14-36,38-69H,2-4,13,37H2,1H3. The van der Waals surface area contributed by atoms with Gasteiger partial charge in [0.1, 0.15) is 0 Å². The Morgan fingerprint density at radius 1 is 0.257 bits per heavy atom. The van der Waals surface area contributed by atoms with Crippen molar-refractivity contribution in [1.29, 1.82) is 0 Å². The molecule has 0 N–H and O–H groups in total. The molecule has 0 saturated carbocycles. The molecule has 0 bridgehead atoms. The summed E-state index contributed by atoms with van der Waals surface area (Å²) in [7, 11) is 0. The van der Waals surface area contributed by atoms with E-state index in [1.807, 2.05) is 11.8 Å². The van der Waals surface area contributed by atoms with Gasteiger partial charge < -0.3 is 19.6 Å². The number of benzene rings is 16. The van der Waals surface area contributed by atoms with Crippen LogP contribution < -0.4 is 52.4 Å². The first-order valence-electron chi connectivity index (χ1n) is 38.5. The Morgan fingerprint density at radius 2 is 0.606 bits per heavy atom. The van der Waals surface area contributed by atoms with Crippen molar-refractivity contribution in [3.05, 3.63) is 388 Å². The number of para-hydroxylation sites is 7. The minimum Gasteiger partial charge on any atom is -0.310 e. The van der Waals surface area contributed by atoms with Gasteiger partial charge in [0.15, 0.2) is 0 Å². The summed E-state index contributed by atoms with van der Waals surface area (Å²) >= 11 is 1.94. The largest absolute Gasteiger partial charge is 0.310 e. The topological polar surface area (TPSA) is 13.0 Å². The van der Waals surface area contributed by atoms with Gasteiger partial charge in [0.2, 0.25) is 6.71 Å². The third kappa shape index (κ3) is 11.4. The fraction of sp³-hybridized carbons (Fsp3) is 0.0588. The molecule has 0 radical (unpaired) electrons. The molecule has 109 heavy (non-hydrogen) atoms. The summed E-state index contributed by atoms with van der Waals surface area (Å²) in [5.41, 5.74) is 36.8. The first-order chi connectivity index (χ1) is 54.1. The number of hydrogen-bond donors (Lipinski definition) is 0. The molecule has 4 nitrogen and oxygen atoms in total. The average Bonchev–Trinajstić information content (AvgIpc) is 0.684. The summed E-state index contributed by atoms with van der Waals surface area (Å²) in [4.78, 5) is 13.0. The van der Waals surface area contributed by atoms with E-state index < -0.39 is 0 Å². The number of hydrogen-bond acceptors (Lipinski definition) is 5. The number of unbranched alkanes of at least 4 members (excludes halogenated alkanes) is 3. The monoisotopic (exact) mass is 1410 g/mol. The van der Waals surface area contributed by atoms with Gasteiger partial charge in [0.05, 0.1) is 17.1 Å². The molecule has 0 atom stereocenters. The Bertz CT molecular complexity index is 5870. The number of aryl methyl sites for hydroxylation is 1. The van der Waals surface area contributed by atoms with Crippen LogP contribution in [0.4, 0.5) is 68.2 Å². The van der Waals surface area contributed by atoms with Crippen molar-refractivity contribution in [2.24, 2.45) is 0 Å². The lowest BCUT2D eigenvalue weighted by atomic mass is 9.31. The van der Waals surface area contributed by atoms with Gasteiger partial charge >= 0.3 is 0 Å². The van der Waals surface area contributed by atoms with Crippen LogP contribution in [0.3, 0.4) is 0 Å². The molecular weight excluding hydrogens is 1330 g/mol. The fourth-order valence-corrected chi connectivity index (χ4v) is 19.2. The van der Waals surface area contributed by atoms with E-state index >= 15 is 0 Å². The minimum atomic E-state index is -0.198. The second-order valence-electron chi connectivity index (χ2n) is 29.1. The van der Waals surface area contributed by atoms with E-state index in [1.54, 1.807) is 0 Å². The maximum atomic E-state index is 2.76. The summed E-state index contributed by atoms with van der Waals surface area (Å²) in [6.45, 7) is 1.94. The van der Waals surface area contributed by atoms with Crippen molar-refractivity contribution in [2.75, 3.05) is 19.6 Å². The van der Waals surface area contributed by atoms with Gasteiger partial charge in [-0.1, -0.05) is 359 Å². The van der Waals surface area contributed by atoms with E-state index in [0.717, 1.165) is 92.5 Å². The molecule has 4 aliphatic heterocycles. The molecule has 16 aromatic carbocycles. The van der Waals surface area contributed by atoms with Gasteiger partial charge in [0, 0.05) is 94.4 Å². The summed E-state index contributed by atoms with van der Waals surface area (Å²) in [5, 5.41) is 0. The van der Waals surface area contributed by atoms with Crippen molar-refractivity contribution in [3.8, 4) is 66.8 Å². The number of fused-ring (bicyclic) bond motifs is 8. The van der Waals surface area contributed by atoms with Crippen LogP contribution in [-0.2, 0) is 6.42 Å². The van der Waals surface area contributed by atoms with Crippen LogP contribution in [0.15, 0.2) is 392 Å². The van der Waals surface area contributed by atoms with Gasteiger partial charge in [-0.2, -0.15) is 0 Å². The first kappa shape index (κ1) is 65.7. The molecular formula is C102H76B2N4S. The normalized spacial score (nSPS) is 12.7. The molecule has 4 heterocycles. The third-order valence-corrected chi connectivity index (χ3v) is 23.8. The Kier molecular flexibility index (Phi) is 17.0. The summed E-state index contributed by atoms with van der Waals surface area (Å²) < 4.78 is 0. The second-order valence-corrected chi connectivity index (χ2v) is 30.2. The average molecular weight is 1410 g/mol. The van der Waals surface area contributed by atoms with Crippen LogP contribution >= 0.6 is 11.8 Å². The zero-order valence-corrected chi connectivity index (χ0v) is 61.6. The van der Waals surface area contributed by atoms with Gasteiger partial charge in [-0.25, -0.2) is 0 Å². The lowest BCUT2D eigenvalue weighted by Gasteiger charge is -2.47. The second kappa shape index (κ2) is 28.2. The lowest BCUT2D eigenvalue weighted by Crippen LogP contribution is -2.64. The zero-order chi connectivity index (χ0) is 72.3.